The van der Waals surface area contributed by atoms with E-state index < -0.39 is 11.6 Å². The Kier molecular flexibility index (Phi) is 3.92. The van der Waals surface area contributed by atoms with E-state index in [1.165, 1.54) is 6.07 Å². The minimum atomic E-state index is -0.869. The summed E-state index contributed by atoms with van der Waals surface area (Å²) in [6.45, 7) is 2.55. The highest BCUT2D eigenvalue weighted by atomic mass is 19.2. The zero-order chi connectivity index (χ0) is 19.4. The van der Waals surface area contributed by atoms with Crippen LogP contribution in [0.2, 0.25) is 0 Å². The molecule has 7 heteroatoms. The molecule has 0 saturated heterocycles. The number of hydrogen-bond acceptors (Lipinski definition) is 3. The van der Waals surface area contributed by atoms with Gasteiger partial charge in [0, 0.05) is 36.6 Å². The molecule has 0 bridgehead atoms. The molecule has 4 atom stereocenters. The number of carbonyl (C=O) groups excluding carboxylic acids is 1. The lowest BCUT2D eigenvalue weighted by molar-refractivity contribution is 0.0949. The molecule has 2 fully saturated rings. The van der Waals surface area contributed by atoms with Gasteiger partial charge >= 0.3 is 0 Å². The number of aromatic nitrogens is 3. The van der Waals surface area contributed by atoms with Gasteiger partial charge in [0.05, 0.1) is 22.9 Å². The topological polar surface area (TPSA) is 59.8 Å². The van der Waals surface area contributed by atoms with Crippen molar-refractivity contribution in [3.05, 3.63) is 59.7 Å². The van der Waals surface area contributed by atoms with Gasteiger partial charge in [-0.05, 0) is 49.7 Å². The molecular weight excluding hydrogens is 362 g/mol. The van der Waals surface area contributed by atoms with E-state index in [1.54, 1.807) is 18.6 Å². The third-order valence-electron chi connectivity index (χ3n) is 6.28. The zero-order valence-electron chi connectivity index (χ0n) is 15.4. The first-order valence-corrected chi connectivity index (χ1v) is 9.53. The number of hydrogen-bond donors (Lipinski definition) is 1. The van der Waals surface area contributed by atoms with Crippen LogP contribution >= 0.6 is 0 Å². The second kappa shape index (κ2) is 6.36. The van der Waals surface area contributed by atoms with Crippen LogP contribution in [0.1, 0.15) is 34.9 Å². The Labute approximate surface area is 160 Å². The van der Waals surface area contributed by atoms with Gasteiger partial charge in [-0.2, -0.15) is 0 Å². The van der Waals surface area contributed by atoms with Gasteiger partial charge in [0.1, 0.15) is 0 Å². The maximum Gasteiger partial charge on any atom is 0.252 e. The zero-order valence-corrected chi connectivity index (χ0v) is 15.4. The number of pyridine rings is 1. The van der Waals surface area contributed by atoms with Crippen molar-refractivity contribution in [1.82, 2.24) is 19.9 Å². The molecule has 5 rings (SSSR count). The van der Waals surface area contributed by atoms with Gasteiger partial charge in [0.15, 0.2) is 11.6 Å². The molecule has 1 aromatic carbocycles. The van der Waals surface area contributed by atoms with Gasteiger partial charge in [0.2, 0.25) is 0 Å². The monoisotopic (exact) mass is 382 g/mol. The maximum atomic E-state index is 13.6. The van der Waals surface area contributed by atoms with Crippen LogP contribution in [0.3, 0.4) is 0 Å². The summed E-state index contributed by atoms with van der Waals surface area (Å²) in [5, 5.41) is 3.01. The van der Waals surface area contributed by atoms with Crippen molar-refractivity contribution in [2.75, 3.05) is 6.54 Å². The molecule has 0 aliphatic heterocycles. The summed E-state index contributed by atoms with van der Waals surface area (Å²) in [6, 6.07) is 6.24. The van der Waals surface area contributed by atoms with E-state index in [0.717, 1.165) is 24.6 Å². The summed E-state index contributed by atoms with van der Waals surface area (Å²) in [5.74, 6) is -0.196. The van der Waals surface area contributed by atoms with Crippen LogP contribution in [-0.4, -0.2) is 27.0 Å². The maximum absolute atomic E-state index is 13.6. The molecule has 144 valence electrons. The number of rotatable bonds is 4. The third-order valence-corrected chi connectivity index (χ3v) is 6.28. The van der Waals surface area contributed by atoms with E-state index in [-0.39, 0.29) is 11.9 Å². The Morgan fingerprint density at radius 3 is 2.64 bits per heavy atom. The molecule has 0 unspecified atom stereocenters. The first-order valence-electron chi connectivity index (χ1n) is 9.53. The number of halogens is 2. The van der Waals surface area contributed by atoms with Crippen molar-refractivity contribution >= 4 is 16.9 Å². The molecule has 5 nitrogen and oxygen atoms in total. The predicted molar refractivity (Wildman–Crippen MR) is 99.7 cm³/mol. The fraction of sp³-hybridized carbons (Fsp3) is 0.381. The van der Waals surface area contributed by atoms with Crippen LogP contribution in [0.25, 0.3) is 11.0 Å². The van der Waals surface area contributed by atoms with Crippen LogP contribution in [0.5, 0.6) is 0 Å². The Morgan fingerprint density at radius 2 is 1.93 bits per heavy atom. The number of carbonyl (C=O) groups is 1. The summed E-state index contributed by atoms with van der Waals surface area (Å²) in [6.07, 6.45) is 5.23. The molecule has 0 spiro atoms. The van der Waals surface area contributed by atoms with Crippen molar-refractivity contribution in [3.63, 3.8) is 0 Å². The highest BCUT2D eigenvalue weighted by Crippen LogP contribution is 2.60. The first kappa shape index (κ1) is 17.3. The van der Waals surface area contributed by atoms with Crippen LogP contribution in [0.15, 0.2) is 36.8 Å². The lowest BCUT2D eigenvalue weighted by Gasteiger charge is -2.17. The van der Waals surface area contributed by atoms with E-state index in [1.807, 2.05) is 17.6 Å². The standard InChI is InChI=1S/C21H20F2N4O/c1-11-2-3-12(8-24-11)21(28)25-9-16-14-4-13(5-15(14)16)27-10-26-19-6-17(22)18(23)7-20(19)27/h2-3,6-8,10,13-16H,4-5,9H2,1H3,(H,25,28)/t13-,14-,15+,16+. The van der Waals surface area contributed by atoms with Gasteiger partial charge < -0.3 is 9.88 Å². The predicted octanol–water partition coefficient (Wildman–Crippen LogP) is 3.65. The molecule has 2 aliphatic rings. The summed E-state index contributed by atoms with van der Waals surface area (Å²) in [7, 11) is 0. The molecule has 2 aliphatic carbocycles. The molecule has 2 heterocycles. The average molecular weight is 382 g/mol. The van der Waals surface area contributed by atoms with Crippen LogP contribution in [0, 0.1) is 36.3 Å². The van der Waals surface area contributed by atoms with Gasteiger partial charge in [-0.3, -0.25) is 9.78 Å². The lowest BCUT2D eigenvalue weighted by atomic mass is 10.1. The number of nitrogens with zero attached hydrogens (tertiary/aromatic N) is 3. The van der Waals surface area contributed by atoms with E-state index in [4.69, 9.17) is 0 Å². The van der Waals surface area contributed by atoms with Crippen molar-refractivity contribution in [1.29, 1.82) is 0 Å². The van der Waals surface area contributed by atoms with Crippen LogP contribution in [-0.2, 0) is 0 Å². The summed E-state index contributed by atoms with van der Waals surface area (Å²) < 4.78 is 29.0. The summed E-state index contributed by atoms with van der Waals surface area (Å²) in [5.41, 5.74) is 2.58. The minimum Gasteiger partial charge on any atom is -0.352 e. The van der Waals surface area contributed by atoms with E-state index in [9.17, 15) is 13.6 Å². The fourth-order valence-electron chi connectivity index (χ4n) is 4.71. The number of imidazole rings is 1. The van der Waals surface area contributed by atoms with Crippen molar-refractivity contribution < 1.29 is 13.6 Å². The highest BCUT2D eigenvalue weighted by Gasteiger charge is 2.56. The van der Waals surface area contributed by atoms with E-state index in [2.05, 4.69) is 15.3 Å². The third kappa shape index (κ3) is 2.85. The van der Waals surface area contributed by atoms with Crippen molar-refractivity contribution in [2.45, 2.75) is 25.8 Å². The van der Waals surface area contributed by atoms with Gasteiger partial charge in [-0.15, -0.1) is 0 Å². The molecular formula is C21H20F2N4O. The quantitative estimate of drug-likeness (QED) is 0.749. The number of nitrogens with one attached hydrogen (secondary N) is 1. The van der Waals surface area contributed by atoms with Crippen molar-refractivity contribution in [2.24, 2.45) is 17.8 Å². The Balaban J connectivity index is 1.20. The molecule has 28 heavy (non-hydrogen) atoms. The molecule has 0 radical (unpaired) electrons. The number of fused-ring (bicyclic) bond motifs is 2. The Bertz CT molecular complexity index is 1050. The van der Waals surface area contributed by atoms with Crippen LogP contribution in [0.4, 0.5) is 8.78 Å². The smallest absolute Gasteiger partial charge is 0.252 e. The molecule has 1 N–H and O–H groups in total. The molecule has 2 saturated carbocycles. The molecule has 2 aromatic heterocycles. The lowest BCUT2D eigenvalue weighted by Crippen LogP contribution is -2.27. The number of benzene rings is 1. The molecule has 3 aromatic rings. The second-order valence-corrected chi connectivity index (χ2v) is 7.92. The van der Waals surface area contributed by atoms with Gasteiger partial charge in [-0.25, -0.2) is 13.8 Å². The van der Waals surface area contributed by atoms with E-state index >= 15 is 0 Å². The minimum absolute atomic E-state index is 0.0906. The fourth-order valence-corrected chi connectivity index (χ4v) is 4.71. The Morgan fingerprint density at radius 1 is 1.18 bits per heavy atom. The van der Waals surface area contributed by atoms with Crippen LogP contribution < -0.4 is 5.32 Å². The van der Waals surface area contributed by atoms with Crippen molar-refractivity contribution in [3.8, 4) is 0 Å². The number of amides is 1. The SMILES string of the molecule is Cc1ccc(C(=O)NC[C@@H]2[C@H]3C[C@H](n4cnc5cc(F)c(F)cc54)C[C@@H]23)cn1. The Hall–Kier alpha value is -2.83. The van der Waals surface area contributed by atoms with Gasteiger partial charge in [-0.1, -0.05) is 0 Å². The highest BCUT2D eigenvalue weighted by molar-refractivity contribution is 5.93. The summed E-state index contributed by atoms with van der Waals surface area (Å²) in [4.78, 5) is 20.6. The van der Waals surface area contributed by atoms with E-state index in [0.29, 0.717) is 40.9 Å². The largest absolute Gasteiger partial charge is 0.352 e. The first-order chi connectivity index (χ1) is 13.5. The summed E-state index contributed by atoms with van der Waals surface area (Å²) >= 11 is 0. The van der Waals surface area contributed by atoms with Gasteiger partial charge in [0.25, 0.3) is 5.91 Å². The number of aryl methyl sites for hydroxylation is 1. The molecule has 1 amide bonds. The second-order valence-electron chi connectivity index (χ2n) is 7.92. The average Bonchev–Trinajstić information content (AvgIpc) is 3.00. The normalized spacial score (nSPS) is 25.7.